The van der Waals surface area contributed by atoms with Gasteiger partial charge in [-0.05, 0) is 43.2 Å². The van der Waals surface area contributed by atoms with Gasteiger partial charge in [0.25, 0.3) is 5.91 Å². The van der Waals surface area contributed by atoms with E-state index in [0.29, 0.717) is 36.8 Å². The highest BCUT2D eigenvalue weighted by atomic mass is 16.5. The molecule has 6 heteroatoms. The number of benzene rings is 2. The number of para-hydroxylation sites is 2. The van der Waals surface area contributed by atoms with Gasteiger partial charge in [-0.15, -0.1) is 0 Å². The molecule has 0 bridgehead atoms. The largest absolute Gasteiger partial charge is 0.490 e. The highest BCUT2D eigenvalue weighted by Gasteiger charge is 2.13. The van der Waals surface area contributed by atoms with Crippen molar-refractivity contribution in [3.8, 4) is 11.5 Å². The number of carbonyl (C=O) groups excluding carboxylic acids is 1. The van der Waals surface area contributed by atoms with Crippen LogP contribution in [0.4, 0.5) is 0 Å². The molecule has 4 rings (SSSR count). The number of H-pyrrole nitrogens is 1. The maximum Gasteiger partial charge on any atom is 0.251 e. The van der Waals surface area contributed by atoms with Crippen LogP contribution >= 0.6 is 0 Å². The molecule has 1 amide bonds. The monoisotopic (exact) mass is 379 g/mol. The van der Waals surface area contributed by atoms with Gasteiger partial charge in [0.05, 0.1) is 24.2 Å². The van der Waals surface area contributed by atoms with Crippen molar-refractivity contribution >= 4 is 16.9 Å². The molecule has 1 aromatic heterocycles. The molecule has 0 atom stereocenters. The number of aromatic nitrogens is 2. The summed E-state index contributed by atoms with van der Waals surface area (Å²) in [7, 11) is 0. The number of unbranched alkanes of at least 4 members (excludes halogenated alkanes) is 2. The molecule has 0 aliphatic carbocycles. The van der Waals surface area contributed by atoms with Crippen LogP contribution in [0.3, 0.4) is 0 Å². The summed E-state index contributed by atoms with van der Waals surface area (Å²) in [5.41, 5.74) is 2.70. The standard InChI is InChI=1S/C22H25N3O3/c26-22(16-10-11-19-20(15-16)28-14-6-13-27-19)23-12-5-1-2-9-21-24-17-7-3-4-8-18(17)25-21/h3-4,7-8,10-11,15H,1-2,5-6,9,12-14H2,(H,23,26)(H,24,25). The number of rotatable bonds is 7. The van der Waals surface area contributed by atoms with Gasteiger partial charge in [0, 0.05) is 24.9 Å². The molecular formula is C22H25N3O3. The third-order valence-corrected chi connectivity index (χ3v) is 4.82. The SMILES string of the molecule is O=C(NCCCCCc1nc2ccccc2[nH]1)c1ccc2c(c1)OCCCO2. The lowest BCUT2D eigenvalue weighted by Gasteiger charge is -2.10. The Kier molecular flexibility index (Phi) is 5.75. The zero-order chi connectivity index (χ0) is 19.2. The van der Waals surface area contributed by atoms with E-state index in [1.165, 1.54) is 0 Å². The highest BCUT2D eigenvalue weighted by molar-refractivity contribution is 5.94. The Morgan fingerprint density at radius 3 is 2.79 bits per heavy atom. The first kappa shape index (κ1) is 18.3. The number of ether oxygens (including phenoxy) is 2. The fourth-order valence-corrected chi connectivity index (χ4v) is 3.33. The first-order valence-corrected chi connectivity index (χ1v) is 9.91. The molecule has 28 heavy (non-hydrogen) atoms. The minimum Gasteiger partial charge on any atom is -0.490 e. The summed E-state index contributed by atoms with van der Waals surface area (Å²) in [4.78, 5) is 20.3. The van der Waals surface area contributed by atoms with Gasteiger partial charge >= 0.3 is 0 Å². The summed E-state index contributed by atoms with van der Waals surface area (Å²) < 4.78 is 11.2. The smallest absolute Gasteiger partial charge is 0.251 e. The molecule has 6 nitrogen and oxygen atoms in total. The van der Waals surface area contributed by atoms with Crippen molar-refractivity contribution in [1.29, 1.82) is 0 Å². The van der Waals surface area contributed by atoms with Crippen LogP contribution in [0.15, 0.2) is 42.5 Å². The van der Waals surface area contributed by atoms with Gasteiger partial charge in [-0.1, -0.05) is 18.6 Å². The lowest BCUT2D eigenvalue weighted by Crippen LogP contribution is -2.24. The van der Waals surface area contributed by atoms with Crippen molar-refractivity contribution in [2.45, 2.75) is 32.1 Å². The van der Waals surface area contributed by atoms with Crippen LogP contribution in [0.5, 0.6) is 11.5 Å². The Morgan fingerprint density at radius 1 is 1.04 bits per heavy atom. The number of carbonyl (C=O) groups is 1. The van der Waals surface area contributed by atoms with E-state index in [-0.39, 0.29) is 5.91 Å². The van der Waals surface area contributed by atoms with Crippen molar-refractivity contribution in [1.82, 2.24) is 15.3 Å². The van der Waals surface area contributed by atoms with Gasteiger partial charge in [0.15, 0.2) is 11.5 Å². The van der Waals surface area contributed by atoms with Crippen molar-refractivity contribution in [2.75, 3.05) is 19.8 Å². The lowest BCUT2D eigenvalue weighted by atomic mass is 10.1. The van der Waals surface area contributed by atoms with E-state index >= 15 is 0 Å². The minimum absolute atomic E-state index is 0.0760. The molecule has 0 unspecified atom stereocenters. The van der Waals surface area contributed by atoms with Crippen LogP contribution in [0.2, 0.25) is 0 Å². The molecule has 0 radical (unpaired) electrons. The second-order valence-electron chi connectivity index (χ2n) is 6.98. The van der Waals surface area contributed by atoms with Gasteiger partial charge in [0.1, 0.15) is 5.82 Å². The average molecular weight is 379 g/mol. The molecular weight excluding hydrogens is 354 g/mol. The molecule has 3 aromatic rings. The molecule has 2 N–H and O–H groups in total. The third kappa shape index (κ3) is 4.44. The third-order valence-electron chi connectivity index (χ3n) is 4.82. The zero-order valence-electron chi connectivity index (χ0n) is 15.9. The molecule has 0 fully saturated rings. The van der Waals surface area contributed by atoms with Gasteiger partial charge < -0.3 is 19.8 Å². The average Bonchev–Trinajstić information content (AvgIpc) is 2.98. The Bertz CT molecular complexity index is 918. The Hall–Kier alpha value is -3.02. The maximum atomic E-state index is 12.3. The van der Waals surface area contributed by atoms with Gasteiger partial charge in [0.2, 0.25) is 0 Å². The van der Waals surface area contributed by atoms with Crippen LogP contribution in [0.25, 0.3) is 11.0 Å². The summed E-state index contributed by atoms with van der Waals surface area (Å²) in [5.74, 6) is 2.31. The van der Waals surface area contributed by atoms with Crippen LogP contribution in [0.1, 0.15) is 41.9 Å². The number of imidazole rings is 1. The second kappa shape index (κ2) is 8.78. The van der Waals surface area contributed by atoms with Crippen LogP contribution in [-0.4, -0.2) is 35.6 Å². The van der Waals surface area contributed by atoms with Crippen molar-refractivity contribution in [2.24, 2.45) is 0 Å². The zero-order valence-corrected chi connectivity index (χ0v) is 15.9. The molecule has 0 spiro atoms. The second-order valence-corrected chi connectivity index (χ2v) is 6.98. The topological polar surface area (TPSA) is 76.2 Å². The predicted octanol–water partition coefficient (Wildman–Crippen LogP) is 3.87. The van der Waals surface area contributed by atoms with Crippen molar-refractivity contribution < 1.29 is 14.3 Å². The lowest BCUT2D eigenvalue weighted by molar-refractivity contribution is 0.0952. The quantitative estimate of drug-likeness (QED) is 0.611. The van der Waals surface area contributed by atoms with Crippen LogP contribution in [-0.2, 0) is 6.42 Å². The minimum atomic E-state index is -0.0760. The van der Waals surface area contributed by atoms with E-state index in [1.54, 1.807) is 12.1 Å². The summed E-state index contributed by atoms with van der Waals surface area (Å²) in [5, 5.41) is 2.98. The number of amides is 1. The fraction of sp³-hybridized carbons (Fsp3) is 0.364. The Balaban J connectivity index is 1.19. The van der Waals surface area contributed by atoms with E-state index < -0.39 is 0 Å². The fourth-order valence-electron chi connectivity index (χ4n) is 3.33. The van der Waals surface area contributed by atoms with Gasteiger partial charge in [-0.2, -0.15) is 0 Å². The molecule has 1 aliphatic rings. The molecule has 2 heterocycles. The van der Waals surface area contributed by atoms with E-state index in [4.69, 9.17) is 9.47 Å². The van der Waals surface area contributed by atoms with Gasteiger partial charge in [-0.3, -0.25) is 4.79 Å². The summed E-state index contributed by atoms with van der Waals surface area (Å²) in [6, 6.07) is 13.4. The number of hydrogen-bond acceptors (Lipinski definition) is 4. The molecule has 2 aromatic carbocycles. The van der Waals surface area contributed by atoms with E-state index in [0.717, 1.165) is 49.0 Å². The first-order chi connectivity index (χ1) is 13.8. The Morgan fingerprint density at radius 2 is 1.89 bits per heavy atom. The summed E-state index contributed by atoms with van der Waals surface area (Å²) >= 11 is 0. The van der Waals surface area contributed by atoms with E-state index in [2.05, 4.69) is 15.3 Å². The number of hydrogen-bond donors (Lipinski definition) is 2. The first-order valence-electron chi connectivity index (χ1n) is 9.91. The number of nitrogens with zero attached hydrogens (tertiary/aromatic N) is 1. The number of aryl methyl sites for hydroxylation is 1. The summed E-state index contributed by atoms with van der Waals surface area (Å²) in [6.45, 7) is 1.92. The van der Waals surface area contributed by atoms with Crippen molar-refractivity contribution in [3.63, 3.8) is 0 Å². The normalized spacial score (nSPS) is 13.3. The molecule has 0 saturated carbocycles. The molecule has 146 valence electrons. The molecule has 0 saturated heterocycles. The van der Waals surface area contributed by atoms with E-state index in [9.17, 15) is 4.79 Å². The van der Waals surface area contributed by atoms with Gasteiger partial charge in [-0.25, -0.2) is 4.98 Å². The summed E-state index contributed by atoms with van der Waals surface area (Å²) in [6.07, 6.45) is 4.80. The molecule has 1 aliphatic heterocycles. The van der Waals surface area contributed by atoms with Crippen LogP contribution < -0.4 is 14.8 Å². The Labute approximate surface area is 164 Å². The number of aromatic amines is 1. The number of nitrogens with one attached hydrogen (secondary N) is 2. The predicted molar refractivity (Wildman–Crippen MR) is 108 cm³/mol. The van der Waals surface area contributed by atoms with E-state index in [1.807, 2.05) is 30.3 Å². The number of fused-ring (bicyclic) bond motifs is 2. The maximum absolute atomic E-state index is 12.3. The van der Waals surface area contributed by atoms with Crippen molar-refractivity contribution in [3.05, 3.63) is 53.9 Å². The van der Waals surface area contributed by atoms with Crippen LogP contribution in [0, 0.1) is 0 Å². The highest BCUT2D eigenvalue weighted by Crippen LogP contribution is 2.30.